The van der Waals surface area contributed by atoms with Crippen molar-refractivity contribution in [3.63, 3.8) is 0 Å². The first-order valence-electron chi connectivity index (χ1n) is 5.89. The van der Waals surface area contributed by atoms with Crippen molar-refractivity contribution in [3.05, 3.63) is 29.8 Å². The number of carbonyl (C=O) groups is 1. The number of alkyl halides is 3. The summed E-state index contributed by atoms with van der Waals surface area (Å²) in [6.45, 7) is 0. The molecule has 0 amide bonds. The fourth-order valence-electron chi connectivity index (χ4n) is 1.54. The van der Waals surface area contributed by atoms with Gasteiger partial charge in [0.15, 0.2) is 0 Å². The van der Waals surface area contributed by atoms with Gasteiger partial charge in [0, 0.05) is 6.42 Å². The Balaban J connectivity index is 2.78. The first kappa shape index (κ1) is 17.3. The molecule has 0 aliphatic carbocycles. The molecule has 0 unspecified atom stereocenters. The van der Waals surface area contributed by atoms with Crippen LogP contribution in [0.5, 0.6) is 0 Å². The zero-order valence-electron chi connectivity index (χ0n) is 11.1. The lowest BCUT2D eigenvalue weighted by atomic mass is 10.2. The third-order valence-electron chi connectivity index (χ3n) is 2.47. The molecule has 1 rings (SSSR count). The van der Waals surface area contributed by atoms with Crippen molar-refractivity contribution in [1.29, 1.82) is 0 Å². The van der Waals surface area contributed by atoms with Gasteiger partial charge in [0.1, 0.15) is 0 Å². The van der Waals surface area contributed by atoms with Crippen LogP contribution in [-0.4, -0.2) is 33.4 Å². The van der Waals surface area contributed by atoms with Gasteiger partial charge in [0.05, 0.1) is 24.1 Å². The van der Waals surface area contributed by atoms with Crippen molar-refractivity contribution >= 4 is 21.7 Å². The van der Waals surface area contributed by atoms with Crippen molar-refractivity contribution in [2.75, 3.05) is 17.6 Å². The highest BCUT2D eigenvalue weighted by Gasteiger charge is 2.27. The van der Waals surface area contributed by atoms with Gasteiger partial charge in [-0.1, -0.05) is 12.1 Å². The number of esters is 1. The van der Waals surface area contributed by atoms with E-state index in [1.54, 1.807) is 0 Å². The van der Waals surface area contributed by atoms with Crippen LogP contribution in [0.2, 0.25) is 0 Å². The lowest BCUT2D eigenvalue weighted by Crippen LogP contribution is -2.20. The van der Waals surface area contributed by atoms with Crippen molar-refractivity contribution in [2.24, 2.45) is 0 Å². The maximum Gasteiger partial charge on any atom is 0.389 e. The smallest absolute Gasteiger partial charge is 0.389 e. The summed E-state index contributed by atoms with van der Waals surface area (Å²) in [7, 11) is -2.84. The van der Waals surface area contributed by atoms with Gasteiger partial charge in [0.2, 0.25) is 10.0 Å². The summed E-state index contributed by atoms with van der Waals surface area (Å²) in [6, 6.07) is 5.67. The van der Waals surface area contributed by atoms with Gasteiger partial charge < -0.3 is 4.74 Å². The van der Waals surface area contributed by atoms with Crippen LogP contribution in [0.25, 0.3) is 0 Å². The monoisotopic (exact) mass is 325 g/mol. The highest BCUT2D eigenvalue weighted by molar-refractivity contribution is 7.92. The molecule has 0 fully saturated rings. The molecule has 0 radical (unpaired) electrons. The third-order valence-corrected chi connectivity index (χ3v) is 3.83. The number of hydrogen-bond acceptors (Lipinski definition) is 4. The number of sulfonamides is 1. The fourth-order valence-corrected chi connectivity index (χ4v) is 2.68. The summed E-state index contributed by atoms with van der Waals surface area (Å²) in [6.07, 6.45) is -6.15. The molecule has 1 aromatic carbocycles. The molecule has 21 heavy (non-hydrogen) atoms. The van der Waals surface area contributed by atoms with Gasteiger partial charge >= 0.3 is 12.1 Å². The predicted molar refractivity (Wildman–Crippen MR) is 70.5 cm³/mol. The minimum absolute atomic E-state index is 0.0144. The molecule has 0 aliphatic rings. The molecule has 1 N–H and O–H groups in total. The van der Waals surface area contributed by atoms with Crippen molar-refractivity contribution < 1.29 is 31.1 Å². The van der Waals surface area contributed by atoms with E-state index in [9.17, 15) is 26.4 Å². The number of hydrogen-bond donors (Lipinski definition) is 1. The average Bonchev–Trinajstić information content (AvgIpc) is 2.36. The Morgan fingerprint density at radius 2 is 1.90 bits per heavy atom. The molecule has 0 heterocycles. The van der Waals surface area contributed by atoms with Gasteiger partial charge in [-0.25, -0.2) is 13.2 Å². The minimum atomic E-state index is -4.40. The van der Waals surface area contributed by atoms with Gasteiger partial charge in [0.25, 0.3) is 0 Å². The Hall–Kier alpha value is -1.77. The van der Waals surface area contributed by atoms with E-state index in [0.29, 0.717) is 0 Å². The van der Waals surface area contributed by atoms with Crippen LogP contribution < -0.4 is 4.72 Å². The first-order valence-corrected chi connectivity index (χ1v) is 7.54. The number of para-hydroxylation sites is 1. The molecule has 118 valence electrons. The van der Waals surface area contributed by atoms with Gasteiger partial charge in [-0.3, -0.25) is 4.72 Å². The van der Waals surface area contributed by atoms with E-state index in [2.05, 4.69) is 9.46 Å². The topological polar surface area (TPSA) is 72.5 Å². The normalized spacial score (nSPS) is 12.0. The van der Waals surface area contributed by atoms with E-state index in [1.165, 1.54) is 24.3 Å². The van der Waals surface area contributed by atoms with Crippen LogP contribution in [0.3, 0.4) is 0 Å². The molecule has 5 nitrogen and oxygen atoms in total. The molecule has 0 bridgehead atoms. The first-order chi connectivity index (χ1) is 9.64. The maximum absolute atomic E-state index is 12.0. The second kappa shape index (κ2) is 6.79. The van der Waals surface area contributed by atoms with Gasteiger partial charge in [-0.05, 0) is 18.6 Å². The van der Waals surface area contributed by atoms with E-state index in [4.69, 9.17) is 0 Å². The predicted octanol–water partition coefficient (Wildman–Crippen LogP) is 2.56. The second-order valence-corrected chi connectivity index (χ2v) is 6.02. The summed E-state index contributed by atoms with van der Waals surface area (Å²) in [5.74, 6) is -1.44. The Morgan fingerprint density at radius 3 is 2.48 bits per heavy atom. The van der Waals surface area contributed by atoms with E-state index in [1.807, 2.05) is 0 Å². The van der Waals surface area contributed by atoms with E-state index in [-0.39, 0.29) is 11.3 Å². The molecular weight excluding hydrogens is 311 g/mol. The molecular formula is C12H14F3NO4S. The number of carbonyl (C=O) groups excluding carboxylic acids is 1. The molecule has 9 heteroatoms. The Labute approximate surface area is 120 Å². The van der Waals surface area contributed by atoms with E-state index >= 15 is 0 Å². The number of methoxy groups -OCH3 is 1. The van der Waals surface area contributed by atoms with Crippen LogP contribution in [0.15, 0.2) is 24.3 Å². The SMILES string of the molecule is COC(=O)c1ccccc1NS(=O)(=O)CCCC(F)(F)F. The Bertz CT molecular complexity index is 599. The van der Waals surface area contributed by atoms with E-state index < -0.39 is 40.8 Å². The summed E-state index contributed by atoms with van der Waals surface area (Å²) in [5, 5.41) is 0. The molecule has 0 aliphatic heterocycles. The Morgan fingerprint density at radius 1 is 1.29 bits per heavy atom. The quantitative estimate of drug-likeness (QED) is 0.816. The van der Waals surface area contributed by atoms with E-state index in [0.717, 1.165) is 7.11 Å². The minimum Gasteiger partial charge on any atom is -0.465 e. The van der Waals surface area contributed by atoms with Crippen LogP contribution in [0, 0.1) is 0 Å². The van der Waals surface area contributed by atoms with Gasteiger partial charge in [-0.2, -0.15) is 13.2 Å². The van der Waals surface area contributed by atoms with Gasteiger partial charge in [-0.15, -0.1) is 0 Å². The maximum atomic E-state index is 12.0. The summed E-state index contributed by atoms with van der Waals surface area (Å²) in [4.78, 5) is 11.5. The molecule has 0 aromatic heterocycles. The number of halogens is 3. The van der Waals surface area contributed by atoms with Crippen LogP contribution >= 0.6 is 0 Å². The standard InChI is InChI=1S/C12H14F3NO4S/c1-20-11(17)9-5-2-3-6-10(9)16-21(18,19)8-4-7-12(13,14)15/h2-3,5-6,16H,4,7-8H2,1H3. The van der Waals surface area contributed by atoms with Crippen LogP contribution in [-0.2, 0) is 14.8 Å². The van der Waals surface area contributed by atoms with Crippen LogP contribution in [0.4, 0.5) is 18.9 Å². The molecule has 0 saturated carbocycles. The Kier molecular flexibility index (Phi) is 5.59. The number of ether oxygens (including phenoxy) is 1. The van der Waals surface area contributed by atoms with Crippen molar-refractivity contribution in [1.82, 2.24) is 0 Å². The zero-order valence-corrected chi connectivity index (χ0v) is 11.9. The fraction of sp³-hybridized carbons (Fsp3) is 0.417. The average molecular weight is 325 g/mol. The highest BCUT2D eigenvalue weighted by Crippen LogP contribution is 2.22. The largest absolute Gasteiger partial charge is 0.465 e. The molecule has 0 atom stereocenters. The highest BCUT2D eigenvalue weighted by atomic mass is 32.2. The molecule has 1 aromatic rings. The number of anilines is 1. The molecule has 0 spiro atoms. The summed E-state index contributed by atoms with van der Waals surface area (Å²) >= 11 is 0. The number of nitrogens with one attached hydrogen (secondary N) is 1. The van der Waals surface area contributed by atoms with Crippen molar-refractivity contribution in [2.45, 2.75) is 19.0 Å². The van der Waals surface area contributed by atoms with Crippen molar-refractivity contribution in [3.8, 4) is 0 Å². The summed E-state index contributed by atoms with van der Waals surface area (Å²) in [5.41, 5.74) is -0.0456. The number of benzene rings is 1. The summed E-state index contributed by atoms with van der Waals surface area (Å²) < 4.78 is 66.0. The third kappa shape index (κ3) is 6.03. The number of rotatable bonds is 6. The second-order valence-electron chi connectivity index (χ2n) is 4.18. The zero-order chi connectivity index (χ0) is 16.1. The lowest BCUT2D eigenvalue weighted by Gasteiger charge is -2.11. The molecule has 0 saturated heterocycles. The van der Waals surface area contributed by atoms with Crippen LogP contribution in [0.1, 0.15) is 23.2 Å². The lowest BCUT2D eigenvalue weighted by molar-refractivity contribution is -0.134.